The van der Waals surface area contributed by atoms with Crippen molar-refractivity contribution in [2.75, 3.05) is 0 Å². The van der Waals surface area contributed by atoms with E-state index in [9.17, 15) is 0 Å². The molecule has 2 atom stereocenters. The average Bonchev–Trinajstić information content (AvgIpc) is 2.86. The minimum Gasteiger partial charge on any atom is -0.353 e. The first-order valence-electron chi connectivity index (χ1n) is 7.70. The number of rotatable bonds is 4. The molecule has 2 nitrogen and oxygen atoms in total. The fourth-order valence-electron chi connectivity index (χ4n) is 3.40. The van der Waals surface area contributed by atoms with E-state index in [0.29, 0.717) is 5.92 Å². The van der Waals surface area contributed by atoms with E-state index in [2.05, 4.69) is 54.2 Å². The van der Waals surface area contributed by atoms with Gasteiger partial charge in [-0.05, 0) is 55.4 Å². The number of nitrogens with zero attached hydrogens (tertiary/aromatic N) is 1. The van der Waals surface area contributed by atoms with Crippen molar-refractivity contribution in [3.63, 3.8) is 0 Å². The highest BCUT2D eigenvalue weighted by molar-refractivity contribution is 5.32. The second kappa shape index (κ2) is 5.84. The van der Waals surface area contributed by atoms with Gasteiger partial charge in [-0.2, -0.15) is 0 Å². The Kier molecular flexibility index (Phi) is 3.93. The molecule has 0 saturated heterocycles. The summed E-state index contributed by atoms with van der Waals surface area (Å²) in [6, 6.07) is 11.4. The van der Waals surface area contributed by atoms with Crippen LogP contribution in [0, 0.1) is 0 Å². The highest BCUT2D eigenvalue weighted by Gasteiger charge is 2.19. The highest BCUT2D eigenvalue weighted by Crippen LogP contribution is 2.32. The Balaban J connectivity index is 1.74. The molecule has 0 saturated carbocycles. The second-order valence-electron chi connectivity index (χ2n) is 6.19. The summed E-state index contributed by atoms with van der Waals surface area (Å²) in [5.41, 5.74) is 10.3. The molecule has 3 rings (SSSR count). The normalized spacial score (nSPS) is 19.6. The maximum Gasteiger partial charge on any atom is 0.0288 e. The SMILES string of the molecule is CC(N)Cc1ccn(CC2CCCc3ccccc32)c1. The van der Waals surface area contributed by atoms with Gasteiger partial charge in [-0.1, -0.05) is 24.3 Å². The van der Waals surface area contributed by atoms with E-state index in [0.717, 1.165) is 13.0 Å². The van der Waals surface area contributed by atoms with Crippen LogP contribution in [-0.4, -0.2) is 10.6 Å². The summed E-state index contributed by atoms with van der Waals surface area (Å²) in [7, 11) is 0. The van der Waals surface area contributed by atoms with Crippen molar-refractivity contribution >= 4 is 0 Å². The van der Waals surface area contributed by atoms with Crippen LogP contribution >= 0.6 is 0 Å². The lowest BCUT2D eigenvalue weighted by molar-refractivity contribution is 0.484. The van der Waals surface area contributed by atoms with E-state index < -0.39 is 0 Å². The van der Waals surface area contributed by atoms with Gasteiger partial charge in [-0.15, -0.1) is 0 Å². The van der Waals surface area contributed by atoms with Crippen LogP contribution in [0.4, 0.5) is 0 Å². The lowest BCUT2D eigenvalue weighted by atomic mass is 9.83. The number of hydrogen-bond acceptors (Lipinski definition) is 1. The molecule has 1 heterocycles. The number of fused-ring (bicyclic) bond motifs is 1. The zero-order valence-corrected chi connectivity index (χ0v) is 12.3. The highest BCUT2D eigenvalue weighted by atomic mass is 14.9. The molecule has 2 unspecified atom stereocenters. The van der Waals surface area contributed by atoms with E-state index in [1.807, 2.05) is 0 Å². The van der Waals surface area contributed by atoms with Gasteiger partial charge in [0.1, 0.15) is 0 Å². The number of benzene rings is 1. The van der Waals surface area contributed by atoms with Gasteiger partial charge in [0, 0.05) is 30.9 Å². The van der Waals surface area contributed by atoms with Gasteiger partial charge in [-0.3, -0.25) is 0 Å². The van der Waals surface area contributed by atoms with Gasteiger partial charge in [0.05, 0.1) is 0 Å². The Hall–Kier alpha value is -1.54. The maximum atomic E-state index is 5.87. The van der Waals surface area contributed by atoms with Crippen molar-refractivity contribution in [3.05, 3.63) is 59.4 Å². The topological polar surface area (TPSA) is 30.9 Å². The predicted octanol–water partition coefficient (Wildman–Crippen LogP) is 3.50. The van der Waals surface area contributed by atoms with Gasteiger partial charge in [0.15, 0.2) is 0 Å². The fourth-order valence-corrected chi connectivity index (χ4v) is 3.40. The third-order valence-corrected chi connectivity index (χ3v) is 4.29. The Morgan fingerprint density at radius 1 is 1.30 bits per heavy atom. The monoisotopic (exact) mass is 268 g/mol. The number of aromatic nitrogens is 1. The standard InChI is InChI=1S/C18H24N2/c1-14(19)11-15-9-10-20(12-15)13-17-7-4-6-16-5-2-3-8-18(16)17/h2-3,5,8-10,12,14,17H,4,6-7,11,13,19H2,1H3. The Morgan fingerprint density at radius 3 is 3.00 bits per heavy atom. The molecule has 1 aliphatic carbocycles. The minimum atomic E-state index is 0.237. The Labute approximate surface area is 121 Å². The summed E-state index contributed by atoms with van der Waals surface area (Å²) >= 11 is 0. The average molecular weight is 268 g/mol. The molecule has 0 radical (unpaired) electrons. The first kappa shape index (κ1) is 13.4. The van der Waals surface area contributed by atoms with E-state index in [4.69, 9.17) is 5.73 Å². The third kappa shape index (κ3) is 2.96. The molecule has 0 spiro atoms. The largest absolute Gasteiger partial charge is 0.353 e. The minimum absolute atomic E-state index is 0.237. The molecule has 0 aliphatic heterocycles. The summed E-state index contributed by atoms with van der Waals surface area (Å²) in [6.07, 6.45) is 9.30. The van der Waals surface area contributed by atoms with Crippen molar-refractivity contribution in [1.29, 1.82) is 0 Å². The smallest absolute Gasteiger partial charge is 0.0288 e. The Morgan fingerprint density at radius 2 is 2.15 bits per heavy atom. The second-order valence-corrected chi connectivity index (χ2v) is 6.19. The zero-order chi connectivity index (χ0) is 13.9. The van der Waals surface area contributed by atoms with Crippen LogP contribution in [-0.2, 0) is 19.4 Å². The number of nitrogens with two attached hydrogens (primary N) is 1. The third-order valence-electron chi connectivity index (χ3n) is 4.29. The van der Waals surface area contributed by atoms with Crippen LogP contribution in [0.3, 0.4) is 0 Å². The fraction of sp³-hybridized carbons (Fsp3) is 0.444. The van der Waals surface area contributed by atoms with E-state index in [1.54, 1.807) is 11.1 Å². The molecular formula is C18H24N2. The summed E-state index contributed by atoms with van der Waals surface area (Å²) in [5.74, 6) is 0.662. The molecule has 0 amide bonds. The summed E-state index contributed by atoms with van der Waals surface area (Å²) in [4.78, 5) is 0. The molecule has 106 valence electrons. The van der Waals surface area contributed by atoms with Gasteiger partial charge in [-0.25, -0.2) is 0 Å². The van der Waals surface area contributed by atoms with Gasteiger partial charge < -0.3 is 10.3 Å². The van der Waals surface area contributed by atoms with Gasteiger partial charge in [0.2, 0.25) is 0 Å². The molecule has 2 aromatic rings. The van der Waals surface area contributed by atoms with Gasteiger partial charge >= 0.3 is 0 Å². The van der Waals surface area contributed by atoms with E-state index in [1.165, 1.54) is 24.8 Å². The molecule has 20 heavy (non-hydrogen) atoms. The molecule has 0 bridgehead atoms. The molecule has 1 aromatic heterocycles. The van der Waals surface area contributed by atoms with Crippen molar-refractivity contribution in [2.24, 2.45) is 5.73 Å². The van der Waals surface area contributed by atoms with E-state index in [-0.39, 0.29) is 6.04 Å². The van der Waals surface area contributed by atoms with Crippen LogP contribution in [0.15, 0.2) is 42.7 Å². The van der Waals surface area contributed by atoms with Crippen LogP contribution in [0.1, 0.15) is 42.4 Å². The Bertz CT molecular complexity index is 568. The zero-order valence-electron chi connectivity index (χ0n) is 12.3. The van der Waals surface area contributed by atoms with Crippen LogP contribution in [0.2, 0.25) is 0 Å². The quantitative estimate of drug-likeness (QED) is 0.904. The first-order valence-corrected chi connectivity index (χ1v) is 7.70. The predicted molar refractivity (Wildman–Crippen MR) is 83.9 cm³/mol. The maximum absolute atomic E-state index is 5.87. The molecule has 1 aliphatic rings. The van der Waals surface area contributed by atoms with Gasteiger partial charge in [0.25, 0.3) is 0 Å². The number of aryl methyl sites for hydroxylation is 1. The van der Waals surface area contributed by atoms with Crippen LogP contribution in [0.5, 0.6) is 0 Å². The van der Waals surface area contributed by atoms with Crippen LogP contribution < -0.4 is 5.73 Å². The molecule has 1 aromatic carbocycles. The van der Waals surface area contributed by atoms with Crippen molar-refractivity contribution < 1.29 is 0 Å². The first-order chi connectivity index (χ1) is 9.72. The molecular weight excluding hydrogens is 244 g/mol. The molecule has 0 fully saturated rings. The summed E-state index contributed by atoms with van der Waals surface area (Å²) in [5, 5.41) is 0. The molecule has 2 N–H and O–H groups in total. The van der Waals surface area contributed by atoms with Crippen molar-refractivity contribution in [2.45, 2.75) is 51.1 Å². The lowest BCUT2D eigenvalue weighted by Crippen LogP contribution is -2.17. The lowest BCUT2D eigenvalue weighted by Gasteiger charge is -2.25. The summed E-state index contributed by atoms with van der Waals surface area (Å²) in [6.45, 7) is 3.16. The number of hydrogen-bond donors (Lipinski definition) is 1. The summed E-state index contributed by atoms with van der Waals surface area (Å²) < 4.78 is 2.34. The van der Waals surface area contributed by atoms with Crippen molar-refractivity contribution in [3.8, 4) is 0 Å². The molecule has 2 heteroatoms. The van der Waals surface area contributed by atoms with Crippen LogP contribution in [0.25, 0.3) is 0 Å². The van der Waals surface area contributed by atoms with E-state index >= 15 is 0 Å². The van der Waals surface area contributed by atoms with Crippen molar-refractivity contribution in [1.82, 2.24) is 4.57 Å².